The molecule has 2 nitrogen and oxygen atoms in total. The molecule has 0 rings (SSSR count). The number of unbranched alkanes of at least 4 members (excludes halogenated alkanes) is 6. The highest BCUT2D eigenvalue weighted by atomic mass is 16.5. The number of hydrogen-bond acceptors (Lipinski definition) is 2. The normalized spacial score (nSPS) is 10.6. The van der Waals surface area contributed by atoms with Gasteiger partial charge in [0.25, 0.3) is 0 Å². The molecule has 0 spiro atoms. The van der Waals surface area contributed by atoms with Gasteiger partial charge >= 0.3 is 0 Å². The Kier molecular flexibility index (Phi) is 11.8. The Morgan fingerprint density at radius 3 is 1.15 bits per heavy atom. The lowest BCUT2D eigenvalue weighted by atomic mass is 10.1. The van der Waals surface area contributed by atoms with Crippen LogP contribution in [0.25, 0.3) is 0 Å². The highest BCUT2D eigenvalue weighted by molar-refractivity contribution is 4.45. The summed E-state index contributed by atoms with van der Waals surface area (Å²) < 4.78 is 9.97. The van der Waals surface area contributed by atoms with Crippen molar-refractivity contribution in [3.8, 4) is 0 Å². The second kappa shape index (κ2) is 11.9. The molecule has 0 aromatic carbocycles. The van der Waals surface area contributed by atoms with Crippen LogP contribution in [0.3, 0.4) is 0 Å². The average Bonchev–Trinajstić information content (AvgIpc) is 2.16. The molecule has 13 heavy (non-hydrogen) atoms. The summed E-state index contributed by atoms with van der Waals surface area (Å²) in [5.74, 6) is 0. The molecular formula is C11H24O2. The van der Waals surface area contributed by atoms with E-state index in [9.17, 15) is 0 Å². The number of methoxy groups -OCH3 is 2. The predicted octanol–water partition coefficient (Wildman–Crippen LogP) is 3.01. The first kappa shape index (κ1) is 12.9. The molecule has 0 amide bonds. The van der Waals surface area contributed by atoms with Crippen LogP contribution in [0.2, 0.25) is 0 Å². The third-order valence-electron chi connectivity index (χ3n) is 2.20. The molecule has 0 aliphatic heterocycles. The molecule has 0 aliphatic carbocycles. The lowest BCUT2D eigenvalue weighted by Crippen LogP contribution is -1.90. The molecule has 0 bridgehead atoms. The molecule has 0 aromatic heterocycles. The fraction of sp³-hybridized carbons (Fsp3) is 1.00. The van der Waals surface area contributed by atoms with E-state index in [1.165, 1.54) is 44.9 Å². The summed E-state index contributed by atoms with van der Waals surface area (Å²) in [4.78, 5) is 0. The second-order valence-corrected chi connectivity index (χ2v) is 3.46. The van der Waals surface area contributed by atoms with Gasteiger partial charge in [-0.2, -0.15) is 0 Å². The van der Waals surface area contributed by atoms with E-state index >= 15 is 0 Å². The molecule has 0 saturated carbocycles. The Balaban J connectivity index is 2.76. The lowest BCUT2D eigenvalue weighted by molar-refractivity contribution is 0.189. The van der Waals surface area contributed by atoms with Gasteiger partial charge in [0, 0.05) is 27.4 Å². The first-order chi connectivity index (χ1) is 6.41. The van der Waals surface area contributed by atoms with Gasteiger partial charge in [0.05, 0.1) is 0 Å². The molecule has 0 aliphatic rings. The van der Waals surface area contributed by atoms with Gasteiger partial charge < -0.3 is 9.47 Å². The van der Waals surface area contributed by atoms with Crippen LogP contribution in [0.15, 0.2) is 0 Å². The van der Waals surface area contributed by atoms with Crippen LogP contribution >= 0.6 is 0 Å². The molecule has 0 N–H and O–H groups in total. The van der Waals surface area contributed by atoms with E-state index in [4.69, 9.17) is 9.47 Å². The van der Waals surface area contributed by atoms with E-state index in [1.54, 1.807) is 14.2 Å². The maximum Gasteiger partial charge on any atom is 0.0462 e. The monoisotopic (exact) mass is 188 g/mol. The number of hydrogen-bond donors (Lipinski definition) is 0. The van der Waals surface area contributed by atoms with Gasteiger partial charge in [0.1, 0.15) is 0 Å². The van der Waals surface area contributed by atoms with Crippen molar-refractivity contribution in [3.63, 3.8) is 0 Å². The molecule has 2 heteroatoms. The molecule has 0 fully saturated rings. The SMILES string of the molecule is COCCCCCCCCCOC. The third kappa shape index (κ3) is 11.9. The molecule has 0 saturated heterocycles. The second-order valence-electron chi connectivity index (χ2n) is 3.46. The van der Waals surface area contributed by atoms with Crippen LogP contribution in [0.5, 0.6) is 0 Å². The van der Waals surface area contributed by atoms with Crippen LogP contribution in [-0.2, 0) is 9.47 Å². The van der Waals surface area contributed by atoms with E-state index < -0.39 is 0 Å². The van der Waals surface area contributed by atoms with Gasteiger partial charge in [-0.25, -0.2) is 0 Å². The molecule has 0 heterocycles. The molecule has 0 radical (unpaired) electrons. The van der Waals surface area contributed by atoms with Crippen molar-refractivity contribution >= 4 is 0 Å². The zero-order valence-corrected chi connectivity index (χ0v) is 9.18. The average molecular weight is 188 g/mol. The minimum atomic E-state index is 0.920. The van der Waals surface area contributed by atoms with Crippen LogP contribution in [0, 0.1) is 0 Å². The first-order valence-electron chi connectivity index (χ1n) is 5.39. The van der Waals surface area contributed by atoms with Crippen LogP contribution in [0.1, 0.15) is 44.9 Å². The summed E-state index contributed by atoms with van der Waals surface area (Å²) in [5.41, 5.74) is 0. The van der Waals surface area contributed by atoms with Crippen molar-refractivity contribution in [1.29, 1.82) is 0 Å². The summed E-state index contributed by atoms with van der Waals surface area (Å²) >= 11 is 0. The van der Waals surface area contributed by atoms with Gasteiger partial charge in [-0.15, -0.1) is 0 Å². The molecule has 0 unspecified atom stereocenters. The Morgan fingerprint density at radius 2 is 0.846 bits per heavy atom. The van der Waals surface area contributed by atoms with E-state index in [0.29, 0.717) is 0 Å². The smallest absolute Gasteiger partial charge is 0.0462 e. The van der Waals surface area contributed by atoms with Crippen molar-refractivity contribution in [1.82, 2.24) is 0 Å². The highest BCUT2D eigenvalue weighted by Gasteiger charge is 1.91. The van der Waals surface area contributed by atoms with Gasteiger partial charge in [0.15, 0.2) is 0 Å². The molecule has 0 aromatic rings. The maximum atomic E-state index is 4.98. The fourth-order valence-corrected chi connectivity index (χ4v) is 1.38. The summed E-state index contributed by atoms with van der Waals surface area (Å²) in [6, 6.07) is 0. The third-order valence-corrected chi connectivity index (χ3v) is 2.20. The minimum absolute atomic E-state index is 0.920. The van der Waals surface area contributed by atoms with E-state index in [1.807, 2.05) is 0 Å². The molecule has 0 atom stereocenters. The minimum Gasteiger partial charge on any atom is -0.385 e. The van der Waals surface area contributed by atoms with E-state index in [-0.39, 0.29) is 0 Å². The van der Waals surface area contributed by atoms with Crippen molar-refractivity contribution in [3.05, 3.63) is 0 Å². The van der Waals surface area contributed by atoms with E-state index in [0.717, 1.165) is 13.2 Å². The Bertz CT molecular complexity index is 74.2. The molecular weight excluding hydrogens is 164 g/mol. The van der Waals surface area contributed by atoms with Gasteiger partial charge in [-0.3, -0.25) is 0 Å². The van der Waals surface area contributed by atoms with Gasteiger partial charge in [-0.1, -0.05) is 32.1 Å². The Morgan fingerprint density at radius 1 is 0.538 bits per heavy atom. The number of rotatable bonds is 10. The Labute approximate surface area is 82.6 Å². The number of ether oxygens (including phenoxy) is 2. The zero-order valence-electron chi connectivity index (χ0n) is 9.18. The maximum absolute atomic E-state index is 4.98. The molecule has 80 valence electrons. The zero-order chi connectivity index (χ0) is 9.78. The van der Waals surface area contributed by atoms with Gasteiger partial charge in [0.2, 0.25) is 0 Å². The topological polar surface area (TPSA) is 18.5 Å². The fourth-order valence-electron chi connectivity index (χ4n) is 1.38. The predicted molar refractivity (Wildman–Crippen MR) is 56.1 cm³/mol. The standard InChI is InChI=1S/C11H24O2/c1-12-10-8-6-4-3-5-7-9-11-13-2/h3-11H2,1-2H3. The van der Waals surface area contributed by atoms with E-state index in [2.05, 4.69) is 0 Å². The van der Waals surface area contributed by atoms with Crippen molar-refractivity contribution in [2.75, 3.05) is 27.4 Å². The van der Waals surface area contributed by atoms with Crippen molar-refractivity contribution in [2.24, 2.45) is 0 Å². The first-order valence-corrected chi connectivity index (χ1v) is 5.39. The van der Waals surface area contributed by atoms with Crippen molar-refractivity contribution < 1.29 is 9.47 Å². The quantitative estimate of drug-likeness (QED) is 0.491. The summed E-state index contributed by atoms with van der Waals surface area (Å²) in [6.45, 7) is 1.84. The lowest BCUT2D eigenvalue weighted by Gasteiger charge is -2.01. The van der Waals surface area contributed by atoms with Crippen LogP contribution in [-0.4, -0.2) is 27.4 Å². The summed E-state index contributed by atoms with van der Waals surface area (Å²) in [7, 11) is 3.54. The van der Waals surface area contributed by atoms with Crippen molar-refractivity contribution in [2.45, 2.75) is 44.9 Å². The summed E-state index contributed by atoms with van der Waals surface area (Å²) in [5, 5.41) is 0. The highest BCUT2D eigenvalue weighted by Crippen LogP contribution is 2.06. The summed E-state index contributed by atoms with van der Waals surface area (Å²) in [6.07, 6.45) is 9.15. The van der Waals surface area contributed by atoms with Gasteiger partial charge in [-0.05, 0) is 12.8 Å². The Hall–Kier alpha value is -0.0800. The van der Waals surface area contributed by atoms with Crippen LogP contribution in [0.4, 0.5) is 0 Å². The van der Waals surface area contributed by atoms with Crippen LogP contribution < -0.4 is 0 Å². The largest absolute Gasteiger partial charge is 0.385 e.